The van der Waals surface area contributed by atoms with Gasteiger partial charge in [-0.3, -0.25) is 9.59 Å². The van der Waals surface area contributed by atoms with Crippen molar-refractivity contribution in [3.63, 3.8) is 0 Å². The maximum absolute atomic E-state index is 12.4. The predicted molar refractivity (Wildman–Crippen MR) is 106 cm³/mol. The van der Waals surface area contributed by atoms with E-state index in [0.29, 0.717) is 11.4 Å². The Kier molecular flexibility index (Phi) is 6.70. The minimum Gasteiger partial charge on any atom is -0.326 e. The molecule has 8 heteroatoms. The van der Waals surface area contributed by atoms with Crippen molar-refractivity contribution >= 4 is 33.2 Å². The fourth-order valence-corrected chi connectivity index (χ4v) is 3.71. The van der Waals surface area contributed by atoms with E-state index in [4.69, 9.17) is 0 Å². The Bertz CT molecular complexity index is 914. The van der Waals surface area contributed by atoms with Crippen LogP contribution in [0.25, 0.3) is 0 Å². The third-order valence-electron chi connectivity index (χ3n) is 3.91. The monoisotopic (exact) mass is 389 g/mol. The molecule has 0 heterocycles. The highest BCUT2D eigenvalue weighted by atomic mass is 32.2. The molecule has 1 unspecified atom stereocenters. The van der Waals surface area contributed by atoms with Gasteiger partial charge in [0.25, 0.3) is 0 Å². The zero-order valence-electron chi connectivity index (χ0n) is 15.5. The van der Waals surface area contributed by atoms with Gasteiger partial charge in [-0.25, -0.2) is 8.42 Å². The zero-order chi connectivity index (χ0) is 20.0. The molecule has 2 rings (SSSR count). The smallest absolute Gasteiger partial charge is 0.239 e. The molecule has 144 valence electrons. The third kappa shape index (κ3) is 6.19. The molecule has 7 nitrogen and oxygen atoms in total. The zero-order valence-corrected chi connectivity index (χ0v) is 16.3. The van der Waals surface area contributed by atoms with Gasteiger partial charge in [-0.2, -0.15) is 4.31 Å². The molecule has 0 radical (unpaired) electrons. The van der Waals surface area contributed by atoms with Crippen molar-refractivity contribution in [3.05, 3.63) is 60.2 Å². The molecule has 0 aliphatic carbocycles. The number of rotatable bonds is 7. The van der Waals surface area contributed by atoms with Crippen molar-refractivity contribution in [3.8, 4) is 0 Å². The second-order valence-electron chi connectivity index (χ2n) is 6.21. The van der Waals surface area contributed by atoms with Gasteiger partial charge in [0.1, 0.15) is 0 Å². The van der Waals surface area contributed by atoms with Crippen molar-refractivity contribution in [1.82, 2.24) is 4.31 Å². The van der Waals surface area contributed by atoms with Crippen molar-refractivity contribution < 1.29 is 18.0 Å². The van der Waals surface area contributed by atoms with Gasteiger partial charge in [0, 0.05) is 24.3 Å². The number of amides is 2. The molecule has 0 aromatic heterocycles. The predicted octanol–water partition coefficient (Wildman–Crippen LogP) is 2.61. The summed E-state index contributed by atoms with van der Waals surface area (Å²) in [5.74, 6) is -0.693. The molecule has 0 spiro atoms. The first-order chi connectivity index (χ1) is 12.7. The van der Waals surface area contributed by atoms with Crippen LogP contribution in [0.2, 0.25) is 0 Å². The summed E-state index contributed by atoms with van der Waals surface area (Å²) in [6.07, 6.45) is 1.08. The van der Waals surface area contributed by atoms with Crippen molar-refractivity contribution in [1.29, 1.82) is 0 Å². The maximum Gasteiger partial charge on any atom is 0.239 e. The molecule has 0 saturated heterocycles. The first-order valence-electron chi connectivity index (χ1n) is 8.36. The number of carbonyl (C=O) groups excluding carboxylic acids is 2. The molecule has 0 aliphatic rings. The lowest BCUT2D eigenvalue weighted by molar-refractivity contribution is -0.116. The average molecular weight is 389 g/mol. The Balaban J connectivity index is 2.14. The molecule has 0 fully saturated rings. The quantitative estimate of drug-likeness (QED) is 0.761. The van der Waals surface area contributed by atoms with E-state index in [1.807, 2.05) is 30.3 Å². The SMILES string of the molecule is CC(=O)Nc1cccc(NC(=O)CN(C(C)c2ccccc2)S(C)(=O)=O)c1. The van der Waals surface area contributed by atoms with Crippen molar-refractivity contribution in [2.75, 3.05) is 23.4 Å². The summed E-state index contributed by atoms with van der Waals surface area (Å²) in [6, 6.07) is 15.3. The highest BCUT2D eigenvalue weighted by Gasteiger charge is 2.27. The summed E-state index contributed by atoms with van der Waals surface area (Å²) in [4.78, 5) is 23.6. The molecule has 2 aromatic rings. The Morgan fingerprint density at radius 3 is 2.15 bits per heavy atom. The van der Waals surface area contributed by atoms with E-state index in [1.54, 1.807) is 31.2 Å². The topological polar surface area (TPSA) is 95.6 Å². The fourth-order valence-electron chi connectivity index (χ4n) is 2.66. The van der Waals surface area contributed by atoms with Gasteiger partial charge < -0.3 is 10.6 Å². The molecule has 1 atom stereocenters. The van der Waals surface area contributed by atoms with E-state index in [0.717, 1.165) is 16.1 Å². The first kappa shape index (κ1) is 20.6. The minimum atomic E-state index is -3.61. The highest BCUT2D eigenvalue weighted by Crippen LogP contribution is 2.23. The number of sulfonamides is 1. The highest BCUT2D eigenvalue weighted by molar-refractivity contribution is 7.88. The normalized spacial score (nSPS) is 12.4. The van der Waals surface area contributed by atoms with E-state index < -0.39 is 22.0 Å². The molecule has 2 N–H and O–H groups in total. The average Bonchev–Trinajstić information content (AvgIpc) is 2.58. The fraction of sp³-hybridized carbons (Fsp3) is 0.263. The van der Waals surface area contributed by atoms with Crippen LogP contribution >= 0.6 is 0 Å². The van der Waals surface area contributed by atoms with Crippen LogP contribution in [-0.4, -0.2) is 37.3 Å². The molecule has 0 bridgehead atoms. The summed E-state index contributed by atoms with van der Waals surface area (Å²) < 4.78 is 25.6. The van der Waals surface area contributed by atoms with Crippen LogP contribution in [0.3, 0.4) is 0 Å². The molecule has 0 saturated carbocycles. The second kappa shape index (κ2) is 8.79. The van der Waals surface area contributed by atoms with Crippen LogP contribution in [0, 0.1) is 0 Å². The number of anilines is 2. The number of nitrogens with zero attached hydrogens (tertiary/aromatic N) is 1. The molecular weight excluding hydrogens is 366 g/mol. The molecule has 0 aliphatic heterocycles. The van der Waals surface area contributed by atoms with Crippen molar-refractivity contribution in [2.24, 2.45) is 0 Å². The maximum atomic E-state index is 12.4. The lowest BCUT2D eigenvalue weighted by Crippen LogP contribution is -2.39. The number of hydrogen-bond donors (Lipinski definition) is 2. The van der Waals surface area contributed by atoms with Crippen LogP contribution < -0.4 is 10.6 Å². The number of carbonyl (C=O) groups is 2. The summed E-state index contributed by atoms with van der Waals surface area (Å²) in [6.45, 7) is 2.81. The Morgan fingerprint density at radius 1 is 1.00 bits per heavy atom. The lowest BCUT2D eigenvalue weighted by atomic mass is 10.1. The summed E-state index contributed by atoms with van der Waals surface area (Å²) in [7, 11) is -3.61. The Morgan fingerprint density at radius 2 is 1.59 bits per heavy atom. The molecule has 2 aromatic carbocycles. The van der Waals surface area contributed by atoms with E-state index in [-0.39, 0.29) is 12.5 Å². The lowest BCUT2D eigenvalue weighted by Gasteiger charge is -2.26. The minimum absolute atomic E-state index is 0.224. The standard InChI is InChI=1S/C19H23N3O4S/c1-14(16-8-5-4-6-9-16)22(27(3,25)26)13-19(24)21-18-11-7-10-17(12-18)20-15(2)23/h4-12,14H,13H2,1-3H3,(H,20,23)(H,21,24). The summed E-state index contributed by atoms with van der Waals surface area (Å²) in [5.41, 5.74) is 1.80. The number of benzene rings is 2. The van der Waals surface area contributed by atoms with E-state index in [1.165, 1.54) is 6.92 Å². The van der Waals surface area contributed by atoms with Crippen LogP contribution in [-0.2, 0) is 19.6 Å². The number of nitrogens with one attached hydrogen (secondary N) is 2. The van der Waals surface area contributed by atoms with Gasteiger partial charge in [-0.1, -0.05) is 36.4 Å². The second-order valence-corrected chi connectivity index (χ2v) is 8.14. The van der Waals surface area contributed by atoms with Gasteiger partial charge >= 0.3 is 0 Å². The van der Waals surface area contributed by atoms with Crippen molar-refractivity contribution in [2.45, 2.75) is 19.9 Å². The molecule has 27 heavy (non-hydrogen) atoms. The van der Waals surface area contributed by atoms with Gasteiger partial charge in [0.05, 0.1) is 12.8 Å². The molecule has 2 amide bonds. The third-order valence-corrected chi connectivity index (χ3v) is 5.20. The first-order valence-corrected chi connectivity index (χ1v) is 10.2. The number of hydrogen-bond acceptors (Lipinski definition) is 4. The van der Waals surface area contributed by atoms with Gasteiger partial charge in [-0.05, 0) is 30.7 Å². The van der Waals surface area contributed by atoms with E-state index >= 15 is 0 Å². The van der Waals surface area contributed by atoms with Crippen LogP contribution in [0.1, 0.15) is 25.5 Å². The summed E-state index contributed by atoms with van der Waals surface area (Å²) in [5, 5.41) is 5.29. The largest absolute Gasteiger partial charge is 0.326 e. The van der Waals surface area contributed by atoms with Gasteiger partial charge in [0.15, 0.2) is 0 Å². The van der Waals surface area contributed by atoms with Crippen LogP contribution in [0.4, 0.5) is 11.4 Å². The molecular formula is C19H23N3O4S. The van der Waals surface area contributed by atoms with Crippen LogP contribution in [0.15, 0.2) is 54.6 Å². The van der Waals surface area contributed by atoms with E-state index in [9.17, 15) is 18.0 Å². The van der Waals surface area contributed by atoms with Crippen LogP contribution in [0.5, 0.6) is 0 Å². The Labute approximate surface area is 159 Å². The van der Waals surface area contributed by atoms with Gasteiger partial charge in [0.2, 0.25) is 21.8 Å². The Hall–Kier alpha value is -2.71. The summed E-state index contributed by atoms with van der Waals surface area (Å²) >= 11 is 0. The van der Waals surface area contributed by atoms with Gasteiger partial charge in [-0.15, -0.1) is 0 Å². The van der Waals surface area contributed by atoms with E-state index in [2.05, 4.69) is 10.6 Å².